The molecular weight excluding hydrogens is 432 g/mol. The number of hydrogen-bond donors (Lipinski definition) is 1. The first-order chi connectivity index (χ1) is 16.5. The normalized spacial score (nSPS) is 12.6. The third kappa shape index (κ3) is 4.84. The third-order valence-electron chi connectivity index (χ3n) is 5.68. The van der Waals surface area contributed by atoms with E-state index in [1.807, 2.05) is 31.2 Å². The average Bonchev–Trinajstić information content (AvgIpc) is 3.11. The van der Waals surface area contributed by atoms with E-state index < -0.39 is 0 Å². The highest BCUT2D eigenvalue weighted by molar-refractivity contribution is 6.21. The van der Waals surface area contributed by atoms with Crippen molar-refractivity contribution in [2.75, 3.05) is 13.7 Å². The molecule has 3 aromatic carbocycles. The molecule has 1 aliphatic heterocycles. The van der Waals surface area contributed by atoms with E-state index in [-0.39, 0.29) is 24.3 Å². The Labute approximate surface area is 198 Å². The highest BCUT2D eigenvalue weighted by Gasteiger charge is 2.35. The molecule has 0 fully saturated rings. The third-order valence-corrected chi connectivity index (χ3v) is 5.68. The van der Waals surface area contributed by atoms with Crippen molar-refractivity contribution in [1.82, 2.24) is 10.2 Å². The summed E-state index contributed by atoms with van der Waals surface area (Å²) < 4.78 is 10.8. The lowest BCUT2D eigenvalue weighted by Gasteiger charge is -2.16. The van der Waals surface area contributed by atoms with Gasteiger partial charge in [0.05, 0.1) is 37.0 Å². The van der Waals surface area contributed by atoms with E-state index in [1.54, 1.807) is 42.5 Å². The molecule has 0 saturated carbocycles. The molecule has 0 atom stereocenters. The molecule has 3 aromatic rings. The van der Waals surface area contributed by atoms with Crippen molar-refractivity contribution >= 4 is 17.7 Å². The van der Waals surface area contributed by atoms with E-state index >= 15 is 0 Å². The zero-order valence-corrected chi connectivity index (χ0v) is 19.2. The van der Waals surface area contributed by atoms with Gasteiger partial charge in [0.1, 0.15) is 5.75 Å². The van der Waals surface area contributed by atoms with Gasteiger partial charge < -0.3 is 14.8 Å². The summed E-state index contributed by atoms with van der Waals surface area (Å²) in [5.74, 6) is -0.569. The summed E-state index contributed by atoms with van der Waals surface area (Å²) in [6, 6.07) is 19.7. The highest BCUT2D eigenvalue weighted by atomic mass is 16.5. The van der Waals surface area contributed by atoms with E-state index in [0.29, 0.717) is 47.8 Å². The molecule has 0 aliphatic carbocycles. The van der Waals surface area contributed by atoms with Crippen molar-refractivity contribution in [3.05, 3.63) is 100 Å². The molecule has 7 nitrogen and oxygen atoms in total. The summed E-state index contributed by atoms with van der Waals surface area (Å²) in [6.45, 7) is 3.58. The molecule has 34 heavy (non-hydrogen) atoms. The predicted molar refractivity (Wildman–Crippen MR) is 127 cm³/mol. The van der Waals surface area contributed by atoms with Gasteiger partial charge in [0.25, 0.3) is 17.7 Å². The minimum atomic E-state index is -0.338. The second-order valence-corrected chi connectivity index (χ2v) is 7.91. The highest BCUT2D eigenvalue weighted by Crippen LogP contribution is 2.26. The number of nitrogens with zero attached hydrogens (tertiary/aromatic N) is 1. The Balaban J connectivity index is 1.45. The number of imide groups is 1. The van der Waals surface area contributed by atoms with Gasteiger partial charge in [-0.25, -0.2) is 0 Å². The van der Waals surface area contributed by atoms with Crippen LogP contribution >= 0.6 is 0 Å². The zero-order valence-electron chi connectivity index (χ0n) is 19.2. The Morgan fingerprint density at radius 1 is 0.882 bits per heavy atom. The summed E-state index contributed by atoms with van der Waals surface area (Å²) in [7, 11) is 1.49. The van der Waals surface area contributed by atoms with Crippen LogP contribution in [0.4, 0.5) is 0 Å². The molecule has 0 bridgehead atoms. The fourth-order valence-electron chi connectivity index (χ4n) is 3.85. The molecule has 0 aromatic heterocycles. The molecule has 7 heteroatoms. The number of carbonyl (C=O) groups is 3. The van der Waals surface area contributed by atoms with Crippen LogP contribution in [0, 0.1) is 0 Å². The van der Waals surface area contributed by atoms with Crippen LogP contribution in [0.5, 0.6) is 5.75 Å². The number of carbonyl (C=O) groups excluding carboxylic acids is 3. The Bertz CT molecular complexity index is 1180. The smallest absolute Gasteiger partial charge is 0.261 e. The molecule has 0 unspecified atom stereocenters. The number of methoxy groups -OCH3 is 1. The molecule has 0 spiro atoms. The predicted octanol–water partition coefficient (Wildman–Crippen LogP) is 3.96. The SMILES string of the molecule is CCOCc1ccc(CNC(=O)c2cc(CN3C(=O)c4ccccc4C3=O)ccc2OC)cc1. The van der Waals surface area contributed by atoms with Crippen LogP contribution < -0.4 is 10.1 Å². The quantitative estimate of drug-likeness (QED) is 0.491. The Kier molecular flexibility index (Phi) is 7.04. The van der Waals surface area contributed by atoms with Crippen LogP contribution in [0.15, 0.2) is 66.7 Å². The number of benzene rings is 3. The number of rotatable bonds is 9. The lowest BCUT2D eigenvalue weighted by Crippen LogP contribution is -2.29. The summed E-state index contributed by atoms with van der Waals surface area (Å²) >= 11 is 0. The van der Waals surface area contributed by atoms with Crippen LogP contribution in [-0.4, -0.2) is 36.3 Å². The maximum Gasteiger partial charge on any atom is 0.261 e. The number of fused-ring (bicyclic) bond motifs is 1. The summed E-state index contributed by atoms with van der Waals surface area (Å²) in [6.07, 6.45) is 0. The molecule has 1 N–H and O–H groups in total. The van der Waals surface area contributed by atoms with Crippen molar-refractivity contribution in [2.45, 2.75) is 26.6 Å². The maximum absolute atomic E-state index is 12.9. The number of amides is 3. The minimum absolute atomic E-state index is 0.0674. The van der Waals surface area contributed by atoms with Crippen LogP contribution in [0.25, 0.3) is 0 Å². The first-order valence-corrected chi connectivity index (χ1v) is 11.1. The average molecular weight is 459 g/mol. The largest absolute Gasteiger partial charge is 0.496 e. The molecule has 4 rings (SSSR count). The summed E-state index contributed by atoms with van der Waals surface area (Å²) in [4.78, 5) is 39.5. The first-order valence-electron chi connectivity index (χ1n) is 11.1. The van der Waals surface area contributed by atoms with Crippen molar-refractivity contribution < 1.29 is 23.9 Å². The van der Waals surface area contributed by atoms with E-state index in [0.717, 1.165) is 11.1 Å². The molecular formula is C27H26N2O5. The molecule has 3 amide bonds. The lowest BCUT2D eigenvalue weighted by molar-refractivity contribution is 0.0642. The van der Waals surface area contributed by atoms with Crippen LogP contribution in [-0.2, 0) is 24.4 Å². The molecule has 174 valence electrons. The summed E-state index contributed by atoms with van der Waals surface area (Å²) in [5, 5.41) is 2.91. The van der Waals surface area contributed by atoms with Crippen molar-refractivity contribution in [3.63, 3.8) is 0 Å². The Morgan fingerprint density at radius 3 is 2.12 bits per heavy atom. The van der Waals surface area contributed by atoms with E-state index in [2.05, 4.69) is 5.32 Å². The van der Waals surface area contributed by atoms with Gasteiger partial charge in [-0.15, -0.1) is 0 Å². The first kappa shape index (κ1) is 23.2. The Morgan fingerprint density at radius 2 is 1.50 bits per heavy atom. The minimum Gasteiger partial charge on any atom is -0.496 e. The van der Waals surface area contributed by atoms with Crippen LogP contribution in [0.1, 0.15) is 54.7 Å². The van der Waals surface area contributed by atoms with Gasteiger partial charge in [0.2, 0.25) is 0 Å². The number of ether oxygens (including phenoxy) is 2. The van der Waals surface area contributed by atoms with Gasteiger partial charge in [0, 0.05) is 13.2 Å². The second-order valence-electron chi connectivity index (χ2n) is 7.91. The fraction of sp³-hybridized carbons (Fsp3) is 0.222. The fourth-order valence-corrected chi connectivity index (χ4v) is 3.85. The van der Waals surface area contributed by atoms with Crippen molar-refractivity contribution in [1.29, 1.82) is 0 Å². The van der Waals surface area contributed by atoms with E-state index in [9.17, 15) is 14.4 Å². The molecule has 0 radical (unpaired) electrons. The topological polar surface area (TPSA) is 84.9 Å². The van der Waals surface area contributed by atoms with Crippen LogP contribution in [0.3, 0.4) is 0 Å². The standard InChI is InChI=1S/C27H26N2O5/c1-3-34-17-19-10-8-18(9-11-19)15-28-25(30)23-14-20(12-13-24(23)33-2)16-29-26(31)21-6-4-5-7-22(21)27(29)32/h4-14H,3,15-17H2,1-2H3,(H,28,30). The van der Waals surface area contributed by atoms with Crippen molar-refractivity contribution in [3.8, 4) is 5.75 Å². The van der Waals surface area contributed by atoms with Gasteiger partial charge in [0.15, 0.2) is 0 Å². The van der Waals surface area contributed by atoms with E-state index in [4.69, 9.17) is 9.47 Å². The zero-order chi connectivity index (χ0) is 24.1. The van der Waals surface area contributed by atoms with Gasteiger partial charge in [-0.1, -0.05) is 42.5 Å². The lowest BCUT2D eigenvalue weighted by atomic mass is 10.1. The summed E-state index contributed by atoms with van der Waals surface area (Å²) in [5.41, 5.74) is 3.80. The molecule has 0 saturated heterocycles. The van der Waals surface area contributed by atoms with E-state index in [1.165, 1.54) is 12.0 Å². The monoisotopic (exact) mass is 458 g/mol. The van der Waals surface area contributed by atoms with Gasteiger partial charge in [-0.3, -0.25) is 19.3 Å². The Hall–Kier alpha value is -3.97. The maximum atomic E-state index is 12.9. The van der Waals surface area contributed by atoms with Crippen molar-refractivity contribution in [2.24, 2.45) is 0 Å². The number of hydrogen-bond acceptors (Lipinski definition) is 5. The molecule has 1 aliphatic rings. The second kappa shape index (κ2) is 10.3. The van der Waals surface area contributed by atoms with Crippen LogP contribution in [0.2, 0.25) is 0 Å². The molecule has 1 heterocycles. The van der Waals surface area contributed by atoms with Gasteiger partial charge in [-0.05, 0) is 47.9 Å². The van der Waals surface area contributed by atoms with Gasteiger partial charge in [-0.2, -0.15) is 0 Å². The van der Waals surface area contributed by atoms with Gasteiger partial charge >= 0.3 is 0 Å². The number of nitrogens with one attached hydrogen (secondary N) is 1.